The van der Waals surface area contributed by atoms with Crippen LogP contribution in [0.2, 0.25) is 5.02 Å². The Labute approximate surface area is 121 Å². The van der Waals surface area contributed by atoms with E-state index < -0.39 is 0 Å². The van der Waals surface area contributed by atoms with Crippen LogP contribution in [0.5, 0.6) is 0 Å². The molecule has 1 amide bonds. The molecule has 2 aromatic rings. The second-order valence-corrected chi connectivity index (χ2v) is 4.76. The van der Waals surface area contributed by atoms with E-state index in [0.29, 0.717) is 27.5 Å². The van der Waals surface area contributed by atoms with Gasteiger partial charge in [-0.05, 0) is 42.8 Å². The second kappa shape index (κ2) is 5.64. The summed E-state index contributed by atoms with van der Waals surface area (Å²) in [4.78, 5) is 12.1. The van der Waals surface area contributed by atoms with Gasteiger partial charge in [0.25, 0.3) is 5.91 Å². The third kappa shape index (κ3) is 2.90. The number of aryl methyl sites for hydroxylation is 1. The molecule has 0 radical (unpaired) electrons. The predicted molar refractivity (Wildman–Crippen MR) is 79.7 cm³/mol. The highest BCUT2D eigenvalue weighted by atomic mass is 35.5. The zero-order chi connectivity index (χ0) is 14.7. The summed E-state index contributed by atoms with van der Waals surface area (Å²) in [5, 5.41) is 11.7. The minimum atomic E-state index is -0.339. The number of nitriles is 1. The van der Waals surface area contributed by atoms with Crippen molar-refractivity contribution in [2.75, 3.05) is 11.1 Å². The predicted octanol–water partition coefficient (Wildman–Crippen LogP) is 3.35. The van der Waals surface area contributed by atoms with Crippen molar-refractivity contribution in [3.05, 3.63) is 58.1 Å². The maximum atomic E-state index is 12.1. The van der Waals surface area contributed by atoms with Gasteiger partial charge in [-0.3, -0.25) is 4.79 Å². The highest BCUT2D eigenvalue weighted by Crippen LogP contribution is 2.24. The number of hydrogen-bond donors (Lipinski definition) is 2. The molecule has 0 aliphatic carbocycles. The van der Waals surface area contributed by atoms with Crippen molar-refractivity contribution in [1.29, 1.82) is 5.26 Å². The van der Waals surface area contributed by atoms with Gasteiger partial charge in [0.1, 0.15) is 0 Å². The summed E-state index contributed by atoms with van der Waals surface area (Å²) < 4.78 is 0. The Hall–Kier alpha value is -2.51. The highest BCUT2D eigenvalue weighted by molar-refractivity contribution is 6.34. The molecule has 0 aliphatic heterocycles. The van der Waals surface area contributed by atoms with E-state index in [4.69, 9.17) is 22.6 Å². The lowest BCUT2D eigenvalue weighted by Gasteiger charge is -2.09. The van der Waals surface area contributed by atoms with Crippen molar-refractivity contribution in [3.8, 4) is 6.07 Å². The fourth-order valence-corrected chi connectivity index (χ4v) is 1.99. The number of carbonyl (C=O) groups is 1. The monoisotopic (exact) mass is 285 g/mol. The molecule has 0 fully saturated rings. The molecule has 0 saturated heterocycles. The Morgan fingerprint density at radius 3 is 2.65 bits per heavy atom. The van der Waals surface area contributed by atoms with Gasteiger partial charge in [-0.1, -0.05) is 17.7 Å². The number of anilines is 2. The molecule has 20 heavy (non-hydrogen) atoms. The van der Waals surface area contributed by atoms with E-state index in [2.05, 4.69) is 5.32 Å². The first-order valence-corrected chi connectivity index (χ1v) is 6.26. The number of halogens is 1. The first-order chi connectivity index (χ1) is 9.51. The Kier molecular flexibility index (Phi) is 3.92. The van der Waals surface area contributed by atoms with Crippen LogP contribution in [0.3, 0.4) is 0 Å². The molecule has 5 heteroatoms. The summed E-state index contributed by atoms with van der Waals surface area (Å²) in [5.74, 6) is -0.339. The van der Waals surface area contributed by atoms with Crippen molar-refractivity contribution >= 4 is 28.9 Å². The number of amides is 1. The third-order valence-corrected chi connectivity index (χ3v) is 3.11. The van der Waals surface area contributed by atoms with Crippen LogP contribution in [-0.2, 0) is 0 Å². The Morgan fingerprint density at radius 1 is 1.30 bits per heavy atom. The Balaban J connectivity index is 2.26. The summed E-state index contributed by atoms with van der Waals surface area (Å²) in [7, 11) is 0. The van der Waals surface area contributed by atoms with E-state index in [9.17, 15) is 4.79 Å². The van der Waals surface area contributed by atoms with Crippen molar-refractivity contribution < 1.29 is 4.79 Å². The third-order valence-electron chi connectivity index (χ3n) is 2.80. The molecule has 0 unspecified atom stereocenters. The molecule has 0 aromatic heterocycles. The molecule has 0 bridgehead atoms. The van der Waals surface area contributed by atoms with Gasteiger partial charge in [0.2, 0.25) is 0 Å². The van der Waals surface area contributed by atoms with Gasteiger partial charge in [-0.2, -0.15) is 5.26 Å². The first kappa shape index (κ1) is 13.9. The van der Waals surface area contributed by atoms with E-state index >= 15 is 0 Å². The van der Waals surface area contributed by atoms with E-state index in [1.54, 1.807) is 24.3 Å². The number of carbonyl (C=O) groups excluding carboxylic acids is 1. The van der Waals surface area contributed by atoms with Crippen LogP contribution >= 0.6 is 11.6 Å². The molecule has 4 nitrogen and oxygen atoms in total. The molecule has 2 aromatic carbocycles. The minimum Gasteiger partial charge on any atom is -0.398 e. The molecule has 0 atom stereocenters. The molecule has 0 heterocycles. The van der Waals surface area contributed by atoms with Crippen LogP contribution in [0, 0.1) is 18.3 Å². The van der Waals surface area contributed by atoms with Crippen LogP contribution in [0.1, 0.15) is 21.5 Å². The number of hydrogen-bond acceptors (Lipinski definition) is 3. The van der Waals surface area contributed by atoms with Crippen molar-refractivity contribution in [3.63, 3.8) is 0 Å². The average molecular weight is 286 g/mol. The molecule has 0 saturated carbocycles. The van der Waals surface area contributed by atoms with E-state index in [0.717, 1.165) is 5.56 Å². The fraction of sp³-hybridized carbons (Fsp3) is 0.0667. The minimum absolute atomic E-state index is 0.308. The number of rotatable bonds is 2. The molecule has 100 valence electrons. The van der Waals surface area contributed by atoms with Gasteiger partial charge in [-0.25, -0.2) is 0 Å². The van der Waals surface area contributed by atoms with Crippen molar-refractivity contribution in [2.24, 2.45) is 0 Å². The topological polar surface area (TPSA) is 78.9 Å². The number of nitrogens with zero attached hydrogens (tertiary/aromatic N) is 1. The quantitative estimate of drug-likeness (QED) is 0.831. The summed E-state index contributed by atoms with van der Waals surface area (Å²) in [6.45, 7) is 1.90. The zero-order valence-corrected chi connectivity index (χ0v) is 11.5. The first-order valence-electron chi connectivity index (χ1n) is 5.88. The molecular weight excluding hydrogens is 274 g/mol. The Morgan fingerprint density at radius 2 is 2.05 bits per heavy atom. The number of nitrogens with two attached hydrogens (primary N) is 1. The van der Waals surface area contributed by atoms with Gasteiger partial charge >= 0.3 is 0 Å². The second-order valence-electron chi connectivity index (χ2n) is 4.35. The SMILES string of the molecule is Cc1ccc(C(=O)Nc2ccc(C#N)cc2Cl)c(N)c1. The highest BCUT2D eigenvalue weighted by Gasteiger charge is 2.12. The number of nitrogen functional groups attached to an aromatic ring is 1. The smallest absolute Gasteiger partial charge is 0.257 e. The van der Waals surface area contributed by atoms with E-state index in [1.807, 2.05) is 19.1 Å². The van der Waals surface area contributed by atoms with Crippen molar-refractivity contribution in [1.82, 2.24) is 0 Å². The number of benzene rings is 2. The lowest BCUT2D eigenvalue weighted by molar-refractivity contribution is 0.102. The maximum absolute atomic E-state index is 12.1. The van der Waals surface area contributed by atoms with Gasteiger partial charge < -0.3 is 11.1 Å². The van der Waals surface area contributed by atoms with Gasteiger partial charge in [0, 0.05) is 5.69 Å². The standard InChI is InChI=1S/C15H12ClN3O/c1-9-2-4-11(13(18)6-9)15(20)19-14-5-3-10(8-17)7-12(14)16/h2-7H,18H2,1H3,(H,19,20). The van der Waals surface area contributed by atoms with Gasteiger partial charge in [0.05, 0.1) is 27.9 Å². The van der Waals surface area contributed by atoms with Gasteiger partial charge in [0.15, 0.2) is 0 Å². The lowest BCUT2D eigenvalue weighted by Crippen LogP contribution is -2.14. The summed E-state index contributed by atoms with van der Waals surface area (Å²) in [6.07, 6.45) is 0. The average Bonchev–Trinajstić information content (AvgIpc) is 2.40. The van der Waals surface area contributed by atoms with Crippen LogP contribution in [-0.4, -0.2) is 5.91 Å². The van der Waals surface area contributed by atoms with Crippen LogP contribution in [0.4, 0.5) is 11.4 Å². The maximum Gasteiger partial charge on any atom is 0.257 e. The van der Waals surface area contributed by atoms with Crippen LogP contribution < -0.4 is 11.1 Å². The zero-order valence-electron chi connectivity index (χ0n) is 10.8. The summed E-state index contributed by atoms with van der Waals surface area (Å²) in [5.41, 5.74) is 8.47. The largest absolute Gasteiger partial charge is 0.398 e. The lowest BCUT2D eigenvalue weighted by atomic mass is 10.1. The molecule has 2 rings (SSSR count). The molecule has 3 N–H and O–H groups in total. The number of nitrogens with one attached hydrogen (secondary N) is 1. The van der Waals surface area contributed by atoms with Crippen LogP contribution in [0.25, 0.3) is 0 Å². The molecule has 0 spiro atoms. The van der Waals surface area contributed by atoms with Gasteiger partial charge in [-0.15, -0.1) is 0 Å². The molecular formula is C15H12ClN3O. The Bertz CT molecular complexity index is 720. The summed E-state index contributed by atoms with van der Waals surface area (Å²) in [6, 6.07) is 11.9. The van der Waals surface area contributed by atoms with Crippen molar-refractivity contribution in [2.45, 2.75) is 6.92 Å². The van der Waals surface area contributed by atoms with E-state index in [-0.39, 0.29) is 5.91 Å². The van der Waals surface area contributed by atoms with E-state index in [1.165, 1.54) is 6.07 Å². The normalized spacial score (nSPS) is 9.85. The molecule has 0 aliphatic rings. The van der Waals surface area contributed by atoms with Crippen LogP contribution in [0.15, 0.2) is 36.4 Å². The fourth-order valence-electron chi connectivity index (χ4n) is 1.76. The summed E-state index contributed by atoms with van der Waals surface area (Å²) >= 11 is 6.01.